The van der Waals surface area contributed by atoms with Crippen molar-refractivity contribution in [2.24, 2.45) is 11.8 Å². The first-order valence-corrected chi connectivity index (χ1v) is 8.21. The number of nitrogens with zero attached hydrogens (tertiary/aromatic N) is 3. The molecule has 1 aliphatic rings. The first-order chi connectivity index (χ1) is 10.5. The number of anilines is 1. The minimum absolute atomic E-state index is 0.0538. The van der Waals surface area contributed by atoms with E-state index in [9.17, 15) is 9.59 Å². The molecule has 2 amide bonds. The van der Waals surface area contributed by atoms with Crippen LogP contribution in [0.5, 0.6) is 0 Å². The molecule has 1 N–H and O–H groups in total. The highest BCUT2D eigenvalue weighted by Crippen LogP contribution is 2.22. The third-order valence-corrected chi connectivity index (χ3v) is 4.34. The standard InChI is InChI=1S/C14H22N4O3S/c1-9(2)4-5-18-7-10(6-12(18)19)13(20)15-14-17-16-11(22-14)8-21-3/h9-10H,4-8H2,1-3H3,(H,15,17,20)/t10-/m0/s1. The van der Waals surface area contributed by atoms with Gasteiger partial charge in [-0.1, -0.05) is 25.2 Å². The maximum absolute atomic E-state index is 12.2. The van der Waals surface area contributed by atoms with E-state index in [4.69, 9.17) is 4.74 Å². The normalized spacial score (nSPS) is 18.3. The van der Waals surface area contributed by atoms with Gasteiger partial charge in [0.1, 0.15) is 11.6 Å². The van der Waals surface area contributed by atoms with Gasteiger partial charge < -0.3 is 15.0 Å². The van der Waals surface area contributed by atoms with Gasteiger partial charge in [0.2, 0.25) is 16.9 Å². The van der Waals surface area contributed by atoms with Crippen LogP contribution in [0.15, 0.2) is 0 Å². The van der Waals surface area contributed by atoms with Crippen LogP contribution < -0.4 is 5.32 Å². The lowest BCUT2D eigenvalue weighted by molar-refractivity contribution is -0.128. The Balaban J connectivity index is 1.86. The fourth-order valence-corrected chi connectivity index (χ4v) is 2.99. The van der Waals surface area contributed by atoms with E-state index in [-0.39, 0.29) is 24.2 Å². The summed E-state index contributed by atoms with van der Waals surface area (Å²) < 4.78 is 4.96. The van der Waals surface area contributed by atoms with Gasteiger partial charge in [0.25, 0.3) is 0 Å². The molecule has 0 aliphatic carbocycles. The van der Waals surface area contributed by atoms with Crippen LogP contribution in [-0.4, -0.2) is 47.1 Å². The Morgan fingerprint density at radius 2 is 2.27 bits per heavy atom. The van der Waals surface area contributed by atoms with E-state index < -0.39 is 0 Å². The number of hydrogen-bond donors (Lipinski definition) is 1. The average molecular weight is 326 g/mol. The van der Waals surface area contributed by atoms with E-state index in [0.29, 0.717) is 29.2 Å². The molecule has 1 atom stereocenters. The summed E-state index contributed by atoms with van der Waals surface area (Å²) >= 11 is 1.28. The van der Waals surface area contributed by atoms with Crippen molar-refractivity contribution in [1.82, 2.24) is 15.1 Å². The van der Waals surface area contributed by atoms with Gasteiger partial charge in [-0.05, 0) is 12.3 Å². The second-order valence-corrected chi connectivity index (χ2v) is 6.91. The van der Waals surface area contributed by atoms with Crippen molar-refractivity contribution in [3.05, 3.63) is 5.01 Å². The summed E-state index contributed by atoms with van der Waals surface area (Å²) in [5.74, 6) is 0.120. The Morgan fingerprint density at radius 1 is 1.50 bits per heavy atom. The summed E-state index contributed by atoms with van der Waals surface area (Å²) in [7, 11) is 1.58. The Hall–Kier alpha value is -1.54. The maximum atomic E-state index is 12.2. The number of nitrogens with one attached hydrogen (secondary N) is 1. The molecule has 0 aromatic carbocycles. The molecule has 8 heteroatoms. The van der Waals surface area contributed by atoms with E-state index in [2.05, 4.69) is 29.4 Å². The lowest BCUT2D eigenvalue weighted by Gasteiger charge is -2.17. The Labute approximate surface area is 134 Å². The second kappa shape index (κ2) is 7.64. The predicted molar refractivity (Wildman–Crippen MR) is 83.4 cm³/mol. The van der Waals surface area contributed by atoms with Crippen molar-refractivity contribution >= 4 is 28.3 Å². The zero-order chi connectivity index (χ0) is 16.1. The molecule has 22 heavy (non-hydrogen) atoms. The molecule has 0 saturated carbocycles. The van der Waals surface area contributed by atoms with Crippen LogP contribution in [0.25, 0.3) is 0 Å². The lowest BCUT2D eigenvalue weighted by atomic mass is 10.1. The Kier molecular flexibility index (Phi) is 5.84. The molecule has 2 heterocycles. The number of ether oxygens (including phenoxy) is 1. The molecule has 2 rings (SSSR count). The summed E-state index contributed by atoms with van der Waals surface area (Å²) in [6.45, 7) is 5.83. The summed E-state index contributed by atoms with van der Waals surface area (Å²) in [5.41, 5.74) is 0. The Bertz CT molecular complexity index is 532. The quantitative estimate of drug-likeness (QED) is 0.821. The number of carbonyl (C=O) groups excluding carboxylic acids is 2. The molecule has 1 aromatic rings. The van der Waals surface area contributed by atoms with Crippen molar-refractivity contribution in [2.75, 3.05) is 25.5 Å². The molecule has 0 spiro atoms. The fraction of sp³-hybridized carbons (Fsp3) is 0.714. The molecule has 7 nitrogen and oxygen atoms in total. The number of rotatable bonds is 7. The van der Waals surface area contributed by atoms with E-state index in [1.807, 2.05) is 0 Å². The summed E-state index contributed by atoms with van der Waals surface area (Å²) in [5, 5.41) is 11.7. The van der Waals surface area contributed by atoms with E-state index in [1.54, 1.807) is 12.0 Å². The summed E-state index contributed by atoms with van der Waals surface area (Å²) in [6, 6.07) is 0. The number of likely N-dealkylation sites (tertiary alicyclic amines) is 1. The van der Waals surface area contributed by atoms with Gasteiger partial charge in [0, 0.05) is 26.6 Å². The summed E-state index contributed by atoms with van der Waals surface area (Å²) in [4.78, 5) is 26.0. The summed E-state index contributed by atoms with van der Waals surface area (Å²) in [6.07, 6.45) is 1.23. The van der Waals surface area contributed by atoms with Crippen LogP contribution in [0.4, 0.5) is 5.13 Å². The zero-order valence-electron chi connectivity index (χ0n) is 13.2. The van der Waals surface area contributed by atoms with Crippen LogP contribution in [0, 0.1) is 11.8 Å². The fourth-order valence-electron chi connectivity index (χ4n) is 2.27. The zero-order valence-corrected chi connectivity index (χ0v) is 14.0. The van der Waals surface area contributed by atoms with Crippen molar-refractivity contribution in [2.45, 2.75) is 33.3 Å². The van der Waals surface area contributed by atoms with Crippen molar-refractivity contribution in [3.8, 4) is 0 Å². The molecule has 1 fully saturated rings. The van der Waals surface area contributed by atoms with Crippen LogP contribution in [0.2, 0.25) is 0 Å². The number of aromatic nitrogens is 2. The van der Waals surface area contributed by atoms with Crippen molar-refractivity contribution < 1.29 is 14.3 Å². The highest BCUT2D eigenvalue weighted by molar-refractivity contribution is 7.15. The van der Waals surface area contributed by atoms with Gasteiger partial charge in [0.05, 0.1) is 5.92 Å². The molecular formula is C14H22N4O3S. The van der Waals surface area contributed by atoms with Crippen molar-refractivity contribution in [1.29, 1.82) is 0 Å². The largest absolute Gasteiger partial charge is 0.377 e. The van der Waals surface area contributed by atoms with Crippen LogP contribution in [0.1, 0.15) is 31.7 Å². The van der Waals surface area contributed by atoms with E-state index in [0.717, 1.165) is 13.0 Å². The first kappa shape index (κ1) is 16.8. The monoisotopic (exact) mass is 326 g/mol. The molecule has 0 unspecified atom stereocenters. The molecule has 122 valence electrons. The topological polar surface area (TPSA) is 84.4 Å². The molecule has 1 saturated heterocycles. The molecule has 1 aliphatic heterocycles. The Morgan fingerprint density at radius 3 is 2.95 bits per heavy atom. The van der Waals surface area contributed by atoms with Gasteiger partial charge in [-0.3, -0.25) is 9.59 Å². The number of carbonyl (C=O) groups is 2. The van der Waals surface area contributed by atoms with Gasteiger partial charge in [-0.15, -0.1) is 10.2 Å². The van der Waals surface area contributed by atoms with Gasteiger partial charge in [-0.25, -0.2) is 0 Å². The van der Waals surface area contributed by atoms with Crippen molar-refractivity contribution in [3.63, 3.8) is 0 Å². The second-order valence-electron chi connectivity index (χ2n) is 5.85. The lowest BCUT2D eigenvalue weighted by Crippen LogP contribution is -2.29. The smallest absolute Gasteiger partial charge is 0.231 e. The average Bonchev–Trinajstić information content (AvgIpc) is 3.04. The number of methoxy groups -OCH3 is 1. The van der Waals surface area contributed by atoms with Crippen LogP contribution in [0.3, 0.4) is 0 Å². The van der Waals surface area contributed by atoms with Crippen LogP contribution in [-0.2, 0) is 20.9 Å². The molecular weight excluding hydrogens is 304 g/mol. The molecule has 1 aromatic heterocycles. The van der Waals surface area contributed by atoms with Crippen LogP contribution >= 0.6 is 11.3 Å². The van der Waals surface area contributed by atoms with Gasteiger partial charge in [0.15, 0.2) is 0 Å². The first-order valence-electron chi connectivity index (χ1n) is 7.39. The molecule has 0 radical (unpaired) electrons. The SMILES string of the molecule is COCc1nnc(NC(=O)[C@H]2CC(=O)N(CCC(C)C)C2)s1. The maximum Gasteiger partial charge on any atom is 0.231 e. The van der Waals surface area contributed by atoms with E-state index >= 15 is 0 Å². The van der Waals surface area contributed by atoms with Gasteiger partial charge >= 0.3 is 0 Å². The third-order valence-electron chi connectivity index (χ3n) is 3.53. The van der Waals surface area contributed by atoms with Gasteiger partial charge in [-0.2, -0.15) is 0 Å². The minimum atomic E-state index is -0.311. The highest BCUT2D eigenvalue weighted by Gasteiger charge is 2.34. The number of hydrogen-bond acceptors (Lipinski definition) is 6. The van der Waals surface area contributed by atoms with E-state index in [1.165, 1.54) is 11.3 Å². The predicted octanol–water partition coefficient (Wildman–Crippen LogP) is 1.52. The minimum Gasteiger partial charge on any atom is -0.377 e. The highest BCUT2D eigenvalue weighted by atomic mass is 32.1. The number of amides is 2. The molecule has 0 bridgehead atoms. The third kappa shape index (κ3) is 4.48.